The molecule has 0 aliphatic heterocycles. The number of hydrogen-bond acceptors (Lipinski definition) is 4. The molecule has 4 nitrogen and oxygen atoms in total. The van der Waals surface area contributed by atoms with Crippen LogP contribution in [0, 0.1) is 6.92 Å². The number of aryl methyl sites for hydroxylation is 1. The Hall–Kier alpha value is -2.49. The van der Waals surface area contributed by atoms with Gasteiger partial charge in [0.25, 0.3) is 0 Å². The summed E-state index contributed by atoms with van der Waals surface area (Å²) in [6, 6.07) is 13.7. The lowest BCUT2D eigenvalue weighted by Gasteiger charge is -2.09. The lowest BCUT2D eigenvalue weighted by molar-refractivity contribution is 0.354. The van der Waals surface area contributed by atoms with Crippen molar-refractivity contribution in [2.24, 2.45) is 5.10 Å². The van der Waals surface area contributed by atoms with Crippen LogP contribution in [0.5, 0.6) is 11.5 Å². The summed E-state index contributed by atoms with van der Waals surface area (Å²) in [5.74, 6) is 1.36. The summed E-state index contributed by atoms with van der Waals surface area (Å²) in [5.41, 5.74) is 6.00. The number of methoxy groups -OCH3 is 2. The van der Waals surface area contributed by atoms with E-state index in [2.05, 4.69) is 10.5 Å². The Bertz CT molecular complexity index is 609. The first-order chi connectivity index (χ1) is 9.76. The zero-order chi connectivity index (χ0) is 14.4. The van der Waals surface area contributed by atoms with E-state index >= 15 is 0 Å². The van der Waals surface area contributed by atoms with Crippen LogP contribution in [0.15, 0.2) is 47.6 Å². The van der Waals surface area contributed by atoms with Crippen molar-refractivity contribution >= 4 is 11.9 Å². The van der Waals surface area contributed by atoms with Gasteiger partial charge < -0.3 is 9.47 Å². The minimum absolute atomic E-state index is 0.672. The van der Waals surface area contributed by atoms with Gasteiger partial charge in [-0.05, 0) is 30.7 Å². The van der Waals surface area contributed by atoms with E-state index in [-0.39, 0.29) is 0 Å². The predicted octanol–water partition coefficient (Wildman–Crippen LogP) is 3.46. The minimum atomic E-state index is 0.672. The number of para-hydroxylation sites is 2. The van der Waals surface area contributed by atoms with E-state index in [1.807, 2.05) is 49.4 Å². The van der Waals surface area contributed by atoms with E-state index in [0.29, 0.717) is 11.5 Å². The van der Waals surface area contributed by atoms with Gasteiger partial charge in [-0.1, -0.05) is 24.3 Å². The van der Waals surface area contributed by atoms with E-state index in [0.717, 1.165) is 16.8 Å². The summed E-state index contributed by atoms with van der Waals surface area (Å²) in [5, 5.41) is 4.25. The molecule has 2 aromatic carbocycles. The molecule has 104 valence electrons. The molecular weight excluding hydrogens is 252 g/mol. The molecule has 4 heteroatoms. The molecule has 0 bridgehead atoms. The van der Waals surface area contributed by atoms with E-state index in [9.17, 15) is 0 Å². The lowest BCUT2D eigenvalue weighted by Crippen LogP contribution is -1.97. The molecule has 0 aliphatic rings. The highest BCUT2D eigenvalue weighted by atomic mass is 16.5. The second kappa shape index (κ2) is 6.61. The van der Waals surface area contributed by atoms with Crippen molar-refractivity contribution in [3.05, 3.63) is 53.6 Å². The molecule has 2 aromatic rings. The number of hydrogen-bond donors (Lipinski definition) is 1. The van der Waals surface area contributed by atoms with Crippen molar-refractivity contribution < 1.29 is 9.47 Å². The molecule has 0 aliphatic carbocycles. The highest BCUT2D eigenvalue weighted by molar-refractivity contribution is 5.85. The molecule has 2 rings (SSSR count). The number of nitrogens with zero attached hydrogens (tertiary/aromatic N) is 1. The number of rotatable bonds is 5. The number of hydrazone groups is 1. The van der Waals surface area contributed by atoms with Crippen molar-refractivity contribution in [1.82, 2.24) is 0 Å². The van der Waals surface area contributed by atoms with Crippen LogP contribution in [0.1, 0.15) is 11.1 Å². The van der Waals surface area contributed by atoms with Crippen LogP contribution in [-0.4, -0.2) is 20.4 Å². The first-order valence-electron chi connectivity index (χ1n) is 6.32. The summed E-state index contributed by atoms with van der Waals surface area (Å²) in [6.07, 6.45) is 1.72. The van der Waals surface area contributed by atoms with Crippen LogP contribution < -0.4 is 14.9 Å². The van der Waals surface area contributed by atoms with Gasteiger partial charge in [0.15, 0.2) is 11.5 Å². The zero-order valence-corrected chi connectivity index (χ0v) is 11.9. The van der Waals surface area contributed by atoms with Crippen molar-refractivity contribution in [1.29, 1.82) is 0 Å². The SMILES string of the molecule is COc1cccc(/C=N/Nc2ccccc2C)c1OC. The van der Waals surface area contributed by atoms with Crippen LogP contribution >= 0.6 is 0 Å². The molecule has 0 fully saturated rings. The van der Waals surface area contributed by atoms with Gasteiger partial charge in [-0.3, -0.25) is 5.43 Å². The standard InChI is InChI=1S/C16H18N2O2/c1-12-7-4-5-9-14(12)18-17-11-13-8-6-10-15(19-2)16(13)20-3/h4-11,18H,1-3H3/b17-11+. The Labute approximate surface area is 119 Å². The normalized spacial score (nSPS) is 10.6. The number of anilines is 1. The third kappa shape index (κ3) is 3.09. The third-order valence-corrected chi connectivity index (χ3v) is 2.97. The fraction of sp³-hybridized carbons (Fsp3) is 0.188. The average Bonchev–Trinajstić information content (AvgIpc) is 2.48. The summed E-state index contributed by atoms with van der Waals surface area (Å²) in [4.78, 5) is 0. The van der Waals surface area contributed by atoms with E-state index in [1.54, 1.807) is 20.4 Å². The molecule has 0 unspecified atom stereocenters. The maximum Gasteiger partial charge on any atom is 0.169 e. The minimum Gasteiger partial charge on any atom is -0.493 e. The number of nitrogens with one attached hydrogen (secondary N) is 1. The van der Waals surface area contributed by atoms with Gasteiger partial charge in [0, 0.05) is 5.56 Å². The molecule has 0 aromatic heterocycles. The van der Waals surface area contributed by atoms with Crippen LogP contribution in [0.3, 0.4) is 0 Å². The zero-order valence-electron chi connectivity index (χ0n) is 11.9. The molecule has 1 N–H and O–H groups in total. The summed E-state index contributed by atoms with van der Waals surface area (Å²) >= 11 is 0. The van der Waals surface area contributed by atoms with Crippen LogP contribution in [0.2, 0.25) is 0 Å². The molecule has 0 radical (unpaired) electrons. The monoisotopic (exact) mass is 270 g/mol. The first kappa shape index (κ1) is 13.9. The summed E-state index contributed by atoms with van der Waals surface area (Å²) < 4.78 is 10.6. The second-order valence-corrected chi connectivity index (χ2v) is 4.27. The van der Waals surface area contributed by atoms with Gasteiger partial charge in [0.05, 0.1) is 26.1 Å². The molecule has 0 heterocycles. The third-order valence-electron chi connectivity index (χ3n) is 2.97. The topological polar surface area (TPSA) is 42.8 Å². The Morgan fingerprint density at radius 3 is 2.50 bits per heavy atom. The molecule has 0 spiro atoms. The summed E-state index contributed by atoms with van der Waals surface area (Å²) in [7, 11) is 3.23. The molecule has 0 saturated heterocycles. The second-order valence-electron chi connectivity index (χ2n) is 4.27. The number of benzene rings is 2. The molecular formula is C16H18N2O2. The van der Waals surface area contributed by atoms with Gasteiger partial charge in [-0.2, -0.15) is 5.10 Å². The van der Waals surface area contributed by atoms with Gasteiger partial charge in [-0.15, -0.1) is 0 Å². The molecule has 0 atom stereocenters. The number of ether oxygens (including phenoxy) is 2. The quantitative estimate of drug-likeness (QED) is 0.668. The Morgan fingerprint density at radius 1 is 1.00 bits per heavy atom. The van der Waals surface area contributed by atoms with Gasteiger partial charge in [0.1, 0.15) is 0 Å². The van der Waals surface area contributed by atoms with Gasteiger partial charge in [-0.25, -0.2) is 0 Å². The van der Waals surface area contributed by atoms with E-state index in [1.165, 1.54) is 0 Å². The van der Waals surface area contributed by atoms with Gasteiger partial charge >= 0.3 is 0 Å². The molecule has 0 amide bonds. The Morgan fingerprint density at radius 2 is 1.80 bits per heavy atom. The first-order valence-corrected chi connectivity index (χ1v) is 6.32. The van der Waals surface area contributed by atoms with E-state index < -0.39 is 0 Å². The van der Waals surface area contributed by atoms with Crippen LogP contribution in [-0.2, 0) is 0 Å². The lowest BCUT2D eigenvalue weighted by atomic mass is 10.2. The van der Waals surface area contributed by atoms with Crippen molar-refractivity contribution in [2.45, 2.75) is 6.92 Å². The van der Waals surface area contributed by atoms with Gasteiger partial charge in [0.2, 0.25) is 0 Å². The maximum atomic E-state index is 5.35. The maximum absolute atomic E-state index is 5.35. The highest BCUT2D eigenvalue weighted by Crippen LogP contribution is 2.29. The largest absolute Gasteiger partial charge is 0.493 e. The van der Waals surface area contributed by atoms with Crippen molar-refractivity contribution in [3.8, 4) is 11.5 Å². The fourth-order valence-electron chi connectivity index (χ4n) is 1.88. The predicted molar refractivity (Wildman–Crippen MR) is 81.9 cm³/mol. The summed E-state index contributed by atoms with van der Waals surface area (Å²) in [6.45, 7) is 2.03. The van der Waals surface area contributed by atoms with Crippen LogP contribution in [0.4, 0.5) is 5.69 Å². The molecule has 0 saturated carbocycles. The Kier molecular flexibility index (Phi) is 4.60. The van der Waals surface area contributed by atoms with Crippen molar-refractivity contribution in [2.75, 3.05) is 19.6 Å². The highest BCUT2D eigenvalue weighted by Gasteiger charge is 2.07. The van der Waals surface area contributed by atoms with Crippen molar-refractivity contribution in [3.63, 3.8) is 0 Å². The Balaban J connectivity index is 2.18. The van der Waals surface area contributed by atoms with E-state index in [4.69, 9.17) is 9.47 Å². The fourth-order valence-corrected chi connectivity index (χ4v) is 1.88. The smallest absolute Gasteiger partial charge is 0.169 e. The molecule has 20 heavy (non-hydrogen) atoms. The average molecular weight is 270 g/mol. The van der Waals surface area contributed by atoms with Crippen LogP contribution in [0.25, 0.3) is 0 Å².